The third-order valence-electron chi connectivity index (χ3n) is 2.26. The van der Waals surface area contributed by atoms with E-state index in [4.69, 9.17) is 0 Å². The SMILES string of the molecule is C.CC.CC.CC.CCc1cccc2ccccc12. The van der Waals surface area contributed by atoms with E-state index in [1.165, 1.54) is 16.3 Å². The molecule has 0 bridgehead atoms. The van der Waals surface area contributed by atoms with E-state index in [0.29, 0.717) is 0 Å². The highest BCUT2D eigenvalue weighted by molar-refractivity contribution is 5.85. The van der Waals surface area contributed by atoms with Crippen LogP contribution in [0.5, 0.6) is 0 Å². The second kappa shape index (κ2) is 16.7. The Balaban J connectivity index is -0.000000325. The van der Waals surface area contributed by atoms with Gasteiger partial charge in [0.05, 0.1) is 0 Å². The minimum atomic E-state index is 0. The van der Waals surface area contributed by atoms with Gasteiger partial charge in [-0.1, -0.05) is 98.4 Å². The minimum absolute atomic E-state index is 0. The Hall–Kier alpha value is -1.30. The number of hydrogen-bond donors (Lipinski definition) is 0. The van der Waals surface area contributed by atoms with E-state index in [1.54, 1.807) is 0 Å². The standard InChI is InChI=1S/C12H12.3C2H6.CH4/c1-2-10-7-5-8-11-6-3-4-9-12(10)11;3*1-2;/h3-9H,2H2,1H3;3*1-2H3;1H4. The molecule has 2 aromatic carbocycles. The van der Waals surface area contributed by atoms with Crippen LogP contribution in [0, 0.1) is 0 Å². The molecule has 0 aliphatic carbocycles. The predicted molar refractivity (Wildman–Crippen MR) is 94.1 cm³/mol. The molecule has 19 heavy (non-hydrogen) atoms. The van der Waals surface area contributed by atoms with Crippen molar-refractivity contribution in [2.45, 2.75) is 62.3 Å². The zero-order valence-electron chi connectivity index (χ0n) is 13.2. The van der Waals surface area contributed by atoms with Crippen LogP contribution < -0.4 is 0 Å². The van der Waals surface area contributed by atoms with Crippen molar-refractivity contribution in [3.05, 3.63) is 48.0 Å². The van der Waals surface area contributed by atoms with Crippen molar-refractivity contribution in [3.8, 4) is 0 Å². The largest absolute Gasteiger partial charge is 0.0776 e. The summed E-state index contributed by atoms with van der Waals surface area (Å²) in [5.41, 5.74) is 1.44. The Morgan fingerprint density at radius 3 is 1.68 bits per heavy atom. The number of benzene rings is 2. The van der Waals surface area contributed by atoms with Crippen LogP contribution in [-0.4, -0.2) is 0 Å². The topological polar surface area (TPSA) is 0 Å². The van der Waals surface area contributed by atoms with Crippen molar-refractivity contribution in [1.29, 1.82) is 0 Å². The third kappa shape index (κ3) is 7.66. The van der Waals surface area contributed by atoms with Gasteiger partial charge in [0.2, 0.25) is 0 Å². The fourth-order valence-electron chi connectivity index (χ4n) is 1.60. The maximum Gasteiger partial charge on any atom is -0.0152 e. The van der Waals surface area contributed by atoms with Crippen molar-refractivity contribution >= 4 is 10.8 Å². The third-order valence-corrected chi connectivity index (χ3v) is 2.26. The highest BCUT2D eigenvalue weighted by Gasteiger charge is 1.95. The summed E-state index contributed by atoms with van der Waals surface area (Å²) in [6.45, 7) is 14.2. The van der Waals surface area contributed by atoms with Gasteiger partial charge in [-0.15, -0.1) is 0 Å². The van der Waals surface area contributed by atoms with Gasteiger partial charge in [-0.2, -0.15) is 0 Å². The average molecular weight is 262 g/mol. The summed E-state index contributed by atoms with van der Waals surface area (Å²) in [5, 5.41) is 2.74. The second-order valence-electron chi connectivity index (χ2n) is 2.99. The molecule has 0 aromatic heterocycles. The summed E-state index contributed by atoms with van der Waals surface area (Å²) < 4.78 is 0. The fourth-order valence-corrected chi connectivity index (χ4v) is 1.60. The molecule has 0 aliphatic rings. The van der Waals surface area contributed by atoms with Gasteiger partial charge < -0.3 is 0 Å². The lowest BCUT2D eigenvalue weighted by Gasteiger charge is -2.02. The van der Waals surface area contributed by atoms with E-state index in [9.17, 15) is 0 Å². The molecule has 0 amide bonds. The van der Waals surface area contributed by atoms with Crippen LogP contribution in [0.2, 0.25) is 0 Å². The molecule has 2 aromatic rings. The zero-order chi connectivity index (χ0) is 14.4. The van der Waals surface area contributed by atoms with Crippen LogP contribution in [0.25, 0.3) is 10.8 Å². The first-order chi connectivity index (χ1) is 8.92. The lowest BCUT2D eigenvalue weighted by atomic mass is 10.0. The number of rotatable bonds is 1. The second-order valence-corrected chi connectivity index (χ2v) is 2.99. The average Bonchev–Trinajstić information content (AvgIpc) is 2.52. The van der Waals surface area contributed by atoms with Crippen LogP contribution in [0.15, 0.2) is 42.5 Å². The predicted octanol–water partition coefficient (Wildman–Crippen LogP) is 7.12. The first-order valence-electron chi connectivity index (χ1n) is 7.38. The molecule has 0 saturated heterocycles. The lowest BCUT2D eigenvalue weighted by molar-refractivity contribution is 1.16. The van der Waals surface area contributed by atoms with Crippen molar-refractivity contribution in [2.24, 2.45) is 0 Å². The first-order valence-corrected chi connectivity index (χ1v) is 7.38. The van der Waals surface area contributed by atoms with E-state index in [2.05, 4.69) is 49.4 Å². The molecule has 0 N–H and O–H groups in total. The van der Waals surface area contributed by atoms with E-state index in [-0.39, 0.29) is 7.43 Å². The van der Waals surface area contributed by atoms with Gasteiger partial charge in [0.15, 0.2) is 0 Å². The van der Waals surface area contributed by atoms with E-state index in [1.807, 2.05) is 41.5 Å². The minimum Gasteiger partial charge on any atom is -0.0776 e. The Bertz CT molecular complexity index is 383. The van der Waals surface area contributed by atoms with Gasteiger partial charge in [-0.25, -0.2) is 0 Å². The molecular weight excluding hydrogens is 228 g/mol. The van der Waals surface area contributed by atoms with Crippen LogP contribution >= 0.6 is 0 Å². The maximum atomic E-state index is 2.20. The van der Waals surface area contributed by atoms with Gasteiger partial charge in [-0.3, -0.25) is 0 Å². The van der Waals surface area contributed by atoms with Crippen molar-refractivity contribution in [1.82, 2.24) is 0 Å². The highest BCUT2D eigenvalue weighted by Crippen LogP contribution is 2.18. The Kier molecular flexibility index (Phi) is 20.1. The van der Waals surface area contributed by atoms with Crippen molar-refractivity contribution in [2.75, 3.05) is 0 Å². The molecule has 0 heteroatoms. The molecule has 0 heterocycles. The lowest BCUT2D eigenvalue weighted by Crippen LogP contribution is -1.81. The molecule has 0 radical (unpaired) electrons. The molecule has 110 valence electrons. The van der Waals surface area contributed by atoms with E-state index < -0.39 is 0 Å². The van der Waals surface area contributed by atoms with Gasteiger partial charge in [-0.05, 0) is 22.8 Å². The summed E-state index contributed by atoms with van der Waals surface area (Å²) in [5.74, 6) is 0. The maximum absolute atomic E-state index is 2.20. The normalized spacial score (nSPS) is 7.53. The molecule has 2 rings (SSSR count). The van der Waals surface area contributed by atoms with Gasteiger partial charge in [0.25, 0.3) is 0 Å². The Morgan fingerprint density at radius 1 is 0.684 bits per heavy atom. The van der Waals surface area contributed by atoms with Gasteiger partial charge in [0, 0.05) is 0 Å². The monoisotopic (exact) mass is 262 g/mol. The van der Waals surface area contributed by atoms with E-state index >= 15 is 0 Å². The summed E-state index contributed by atoms with van der Waals surface area (Å²) in [4.78, 5) is 0. The van der Waals surface area contributed by atoms with Gasteiger partial charge >= 0.3 is 0 Å². The molecule has 0 fully saturated rings. The quantitative estimate of drug-likeness (QED) is 0.513. The molecule has 0 atom stereocenters. The summed E-state index contributed by atoms with van der Waals surface area (Å²) >= 11 is 0. The first kappa shape index (κ1) is 22.8. The summed E-state index contributed by atoms with van der Waals surface area (Å²) in [6.07, 6.45) is 1.11. The summed E-state index contributed by atoms with van der Waals surface area (Å²) in [6, 6.07) is 15.0. The summed E-state index contributed by atoms with van der Waals surface area (Å²) in [7, 11) is 0. The number of fused-ring (bicyclic) bond motifs is 1. The van der Waals surface area contributed by atoms with Gasteiger partial charge in [0.1, 0.15) is 0 Å². The zero-order valence-corrected chi connectivity index (χ0v) is 13.2. The molecule has 0 spiro atoms. The number of aryl methyl sites for hydroxylation is 1. The van der Waals surface area contributed by atoms with Crippen molar-refractivity contribution in [3.63, 3.8) is 0 Å². The number of hydrogen-bond acceptors (Lipinski definition) is 0. The molecule has 0 saturated carbocycles. The van der Waals surface area contributed by atoms with Crippen molar-refractivity contribution < 1.29 is 0 Å². The molecule has 0 unspecified atom stereocenters. The molecule has 0 aliphatic heterocycles. The van der Waals surface area contributed by atoms with Crippen LogP contribution in [-0.2, 0) is 6.42 Å². The van der Waals surface area contributed by atoms with E-state index in [0.717, 1.165) is 6.42 Å². The molecule has 0 nitrogen and oxygen atoms in total. The van der Waals surface area contributed by atoms with Crippen LogP contribution in [0.3, 0.4) is 0 Å². The highest BCUT2D eigenvalue weighted by atomic mass is 14.0. The smallest absolute Gasteiger partial charge is 0.0152 e. The molecular formula is C19H34. The van der Waals surface area contributed by atoms with Crippen LogP contribution in [0.4, 0.5) is 0 Å². The van der Waals surface area contributed by atoms with Crippen LogP contribution in [0.1, 0.15) is 61.5 Å². The Labute approximate surface area is 121 Å². The fraction of sp³-hybridized carbons (Fsp3) is 0.474. The Morgan fingerprint density at radius 2 is 1.16 bits per heavy atom.